The van der Waals surface area contributed by atoms with E-state index in [0.29, 0.717) is 30.9 Å². The Morgan fingerprint density at radius 3 is 2.62 bits per heavy atom. The monoisotopic (exact) mass is 518 g/mol. The fourth-order valence-corrected chi connectivity index (χ4v) is 4.52. The lowest BCUT2D eigenvalue weighted by molar-refractivity contribution is -0.125. The topological polar surface area (TPSA) is 74.4 Å². The Hall–Kier alpha value is -4.35. The molecule has 3 heterocycles. The lowest BCUT2D eigenvalue weighted by Crippen LogP contribution is -2.53. The van der Waals surface area contributed by atoms with Gasteiger partial charge in [0.05, 0.1) is 25.3 Å². The second-order valence-corrected chi connectivity index (χ2v) is 8.51. The van der Waals surface area contributed by atoms with Gasteiger partial charge in [0, 0.05) is 31.4 Å². The van der Waals surface area contributed by atoms with Gasteiger partial charge in [0.25, 0.3) is 0 Å². The molecular formula is C25H20F5N5O2. The maximum atomic E-state index is 15.3. The number of anilines is 1. The number of hydrogen-bond acceptors (Lipinski definition) is 6. The molecule has 1 saturated heterocycles. The van der Waals surface area contributed by atoms with Crippen LogP contribution in [0.15, 0.2) is 65.6 Å². The van der Waals surface area contributed by atoms with Crippen LogP contribution < -0.4 is 15.4 Å². The summed E-state index contributed by atoms with van der Waals surface area (Å²) in [5.74, 6) is -8.94. The third kappa shape index (κ3) is 4.17. The zero-order valence-electron chi connectivity index (χ0n) is 20.1. The minimum Gasteiger partial charge on any atom is -0.451 e. The zero-order valence-corrected chi connectivity index (χ0v) is 19.1. The fraction of sp³-hybridized carbons (Fsp3) is 0.200. The molecule has 2 aromatic rings. The summed E-state index contributed by atoms with van der Waals surface area (Å²) in [5, 5.41) is 0. The van der Waals surface area contributed by atoms with Crippen LogP contribution in [0.25, 0.3) is 0 Å². The summed E-state index contributed by atoms with van der Waals surface area (Å²) >= 11 is 0. The molecule has 2 aromatic carbocycles. The number of benzene rings is 2. The van der Waals surface area contributed by atoms with Crippen molar-refractivity contribution in [1.29, 1.82) is 0 Å². The van der Waals surface area contributed by atoms with Gasteiger partial charge in [-0.05, 0) is 30.7 Å². The van der Waals surface area contributed by atoms with Crippen LogP contribution in [0.1, 0.15) is 7.79 Å². The first-order valence-corrected chi connectivity index (χ1v) is 11.1. The third-order valence-corrected chi connectivity index (χ3v) is 6.37. The predicted molar refractivity (Wildman–Crippen MR) is 125 cm³/mol. The maximum Gasteiger partial charge on any atom is 0.246 e. The molecule has 7 nitrogen and oxygen atoms in total. The largest absolute Gasteiger partial charge is 0.451 e. The van der Waals surface area contributed by atoms with Crippen LogP contribution in [0.3, 0.4) is 0 Å². The standard InChI is InChI=1S/C25H20F5N5O2/c1-2-20(36)33-8-6-13(11-33)34-12-35(24(31)15-5-7-32-25(15)34)19-4-3-14(9-16(19)26)37-23-21(29)17(27)10-18(28)22(23)30/h2-5,7,9-10,13H,1,6,8,11-12,31H2/t13-/m1/s1/i1D/b2-1-. The molecule has 3 aliphatic rings. The Bertz CT molecular complexity index is 1420. The van der Waals surface area contributed by atoms with E-state index in [9.17, 15) is 22.4 Å². The summed E-state index contributed by atoms with van der Waals surface area (Å²) in [4.78, 5) is 21.6. The van der Waals surface area contributed by atoms with E-state index in [2.05, 4.69) is 4.99 Å². The Kier molecular flexibility index (Phi) is 5.78. The fourth-order valence-electron chi connectivity index (χ4n) is 4.52. The number of fused-ring (bicyclic) bond motifs is 1. The Morgan fingerprint density at radius 2 is 1.92 bits per heavy atom. The van der Waals surface area contributed by atoms with Crippen molar-refractivity contribution in [3.63, 3.8) is 0 Å². The number of nitrogens with two attached hydrogens (primary N) is 1. The van der Waals surface area contributed by atoms with Crippen LogP contribution in [0.4, 0.5) is 27.6 Å². The molecule has 37 heavy (non-hydrogen) atoms. The van der Waals surface area contributed by atoms with E-state index in [-0.39, 0.29) is 36.2 Å². The van der Waals surface area contributed by atoms with Crippen molar-refractivity contribution in [1.82, 2.24) is 9.80 Å². The van der Waals surface area contributed by atoms with Gasteiger partial charge < -0.3 is 25.2 Å². The minimum atomic E-state index is -1.75. The molecule has 1 fully saturated rings. The number of hydrogen-bond donors (Lipinski definition) is 1. The van der Waals surface area contributed by atoms with Crippen molar-refractivity contribution in [3.8, 4) is 11.5 Å². The smallest absolute Gasteiger partial charge is 0.246 e. The molecule has 0 aliphatic carbocycles. The molecule has 0 spiro atoms. The number of carbonyl (C=O) groups excluding carboxylic acids is 1. The van der Waals surface area contributed by atoms with Crippen LogP contribution >= 0.6 is 0 Å². The molecule has 0 bridgehead atoms. The number of rotatable bonds is 5. The maximum absolute atomic E-state index is 15.3. The molecule has 0 saturated carbocycles. The van der Waals surface area contributed by atoms with Crippen molar-refractivity contribution in [2.24, 2.45) is 10.7 Å². The lowest BCUT2D eigenvalue weighted by Gasteiger charge is -2.41. The minimum absolute atomic E-state index is 0.00105. The van der Waals surface area contributed by atoms with Gasteiger partial charge >= 0.3 is 0 Å². The number of nitrogens with zero attached hydrogens (tertiary/aromatic N) is 4. The average Bonchev–Trinajstić information content (AvgIpc) is 3.57. The molecule has 192 valence electrons. The van der Waals surface area contributed by atoms with E-state index in [0.717, 1.165) is 18.7 Å². The predicted octanol–water partition coefficient (Wildman–Crippen LogP) is 4.14. The highest BCUT2D eigenvalue weighted by molar-refractivity contribution is 6.05. The number of halogens is 5. The van der Waals surface area contributed by atoms with Crippen molar-refractivity contribution < 1.29 is 32.9 Å². The van der Waals surface area contributed by atoms with Gasteiger partial charge in [-0.2, -0.15) is 8.78 Å². The molecule has 0 aromatic heterocycles. The summed E-state index contributed by atoms with van der Waals surface area (Å²) in [6.07, 6.45) is 5.00. The lowest BCUT2D eigenvalue weighted by atomic mass is 10.1. The third-order valence-electron chi connectivity index (χ3n) is 6.37. The van der Waals surface area contributed by atoms with Crippen molar-refractivity contribution in [2.75, 3.05) is 24.7 Å². The molecule has 0 radical (unpaired) electrons. The van der Waals surface area contributed by atoms with Crippen LogP contribution in [0.5, 0.6) is 11.5 Å². The second kappa shape index (κ2) is 9.26. The number of carbonyl (C=O) groups is 1. The molecule has 1 atom stereocenters. The van der Waals surface area contributed by atoms with Gasteiger partial charge in [-0.15, -0.1) is 0 Å². The Balaban J connectivity index is 1.42. The molecule has 3 aliphatic heterocycles. The zero-order chi connectivity index (χ0) is 27.1. The van der Waals surface area contributed by atoms with Crippen LogP contribution in [-0.2, 0) is 4.79 Å². The van der Waals surface area contributed by atoms with Gasteiger partial charge in [-0.25, -0.2) is 18.2 Å². The van der Waals surface area contributed by atoms with Gasteiger partial charge in [0.2, 0.25) is 23.3 Å². The van der Waals surface area contributed by atoms with E-state index in [4.69, 9.17) is 11.8 Å². The van der Waals surface area contributed by atoms with Crippen molar-refractivity contribution in [2.45, 2.75) is 12.5 Å². The number of amides is 1. The SMILES string of the molecule is [2H]/C=C\C(=O)N1CC[C@@H](N2CN(c3ccc(Oc4c(F)c(F)cc(F)c4F)cc3F)C(N)=C3C=CN=C32)C1. The van der Waals surface area contributed by atoms with Gasteiger partial charge in [0.15, 0.2) is 17.5 Å². The van der Waals surface area contributed by atoms with E-state index >= 15 is 4.39 Å². The summed E-state index contributed by atoms with van der Waals surface area (Å²) in [7, 11) is 0. The van der Waals surface area contributed by atoms with Crippen LogP contribution in [0.2, 0.25) is 0 Å². The van der Waals surface area contributed by atoms with Crippen LogP contribution in [-0.4, -0.2) is 47.3 Å². The molecule has 0 unspecified atom stereocenters. The quantitative estimate of drug-likeness (QED) is 0.366. The molecule has 2 N–H and O–H groups in total. The first-order chi connectivity index (χ1) is 18.2. The Morgan fingerprint density at radius 1 is 1.16 bits per heavy atom. The van der Waals surface area contributed by atoms with Gasteiger partial charge in [0.1, 0.15) is 17.4 Å². The number of likely N-dealkylation sites (tertiary alicyclic amines) is 1. The first kappa shape index (κ1) is 23.1. The molecule has 5 rings (SSSR count). The summed E-state index contributed by atoms with van der Waals surface area (Å²) < 4.78 is 82.4. The Labute approximate surface area is 209 Å². The summed E-state index contributed by atoms with van der Waals surface area (Å²) in [6.45, 7) is 1.83. The normalized spacial score (nSPS) is 19.6. The number of ether oxygens (including phenoxy) is 1. The molecular weight excluding hydrogens is 497 g/mol. The van der Waals surface area contributed by atoms with E-state index in [1.165, 1.54) is 17.0 Å². The number of aliphatic imine (C=N–C) groups is 1. The van der Waals surface area contributed by atoms with E-state index < -0.39 is 40.6 Å². The second-order valence-electron chi connectivity index (χ2n) is 8.51. The first-order valence-electron chi connectivity index (χ1n) is 11.7. The van der Waals surface area contributed by atoms with Crippen molar-refractivity contribution in [3.05, 3.63) is 89.7 Å². The van der Waals surface area contributed by atoms with E-state index in [1.807, 2.05) is 4.90 Å². The van der Waals surface area contributed by atoms with E-state index in [1.54, 1.807) is 17.2 Å². The van der Waals surface area contributed by atoms with Crippen LogP contribution in [0, 0.1) is 29.1 Å². The highest BCUT2D eigenvalue weighted by Gasteiger charge is 2.38. The van der Waals surface area contributed by atoms with Gasteiger partial charge in [-0.1, -0.05) is 6.55 Å². The number of amidine groups is 1. The molecule has 12 heteroatoms. The average molecular weight is 518 g/mol. The van der Waals surface area contributed by atoms with Crippen molar-refractivity contribution >= 4 is 17.4 Å². The summed E-state index contributed by atoms with van der Waals surface area (Å²) in [6, 6.07) is 3.13. The van der Waals surface area contributed by atoms with Gasteiger partial charge in [-0.3, -0.25) is 4.79 Å². The molecule has 1 amide bonds. The highest BCUT2D eigenvalue weighted by Crippen LogP contribution is 2.36. The summed E-state index contributed by atoms with van der Waals surface area (Å²) in [5.41, 5.74) is 6.90. The highest BCUT2D eigenvalue weighted by atomic mass is 19.2.